The van der Waals surface area contributed by atoms with Crippen LogP contribution < -0.4 is 4.70 Å². The molecule has 0 bridgehead atoms. The summed E-state index contributed by atoms with van der Waals surface area (Å²) >= 11 is 0. The molecule has 0 radical (unpaired) electrons. The van der Waals surface area contributed by atoms with Gasteiger partial charge in [0.15, 0.2) is 0 Å². The molecule has 2 rings (SSSR count). The minimum absolute atomic E-state index is 0. The normalized spacial score (nSPS) is 30.6. The molecule has 1 spiro atoms. The second-order valence-electron chi connectivity index (χ2n) is 4.78. The Kier molecular flexibility index (Phi) is 6.37. The summed E-state index contributed by atoms with van der Waals surface area (Å²) in [5.74, 6) is 0. The van der Waals surface area contributed by atoms with Crippen LogP contribution in [-0.2, 0) is 0 Å². The Morgan fingerprint density at radius 3 is 1.56 bits per heavy atom. The SMILES string of the molecule is CC1CCC(C)[N+]12CCCC2.FB(F)F.[F-]. The molecule has 6 heteroatoms. The third-order valence-corrected chi connectivity index (χ3v) is 4.16. The Labute approximate surface area is 95.2 Å². The van der Waals surface area contributed by atoms with Gasteiger partial charge in [0.1, 0.15) is 0 Å². The van der Waals surface area contributed by atoms with Crippen LogP contribution in [0.2, 0.25) is 0 Å². The topological polar surface area (TPSA) is 0 Å². The first-order valence-corrected chi connectivity index (χ1v) is 5.77. The number of hydrogen-bond acceptors (Lipinski definition) is 0. The fourth-order valence-electron chi connectivity index (χ4n) is 3.24. The highest BCUT2D eigenvalue weighted by atomic mass is 19.4. The van der Waals surface area contributed by atoms with Gasteiger partial charge in [0.2, 0.25) is 0 Å². The summed E-state index contributed by atoms with van der Waals surface area (Å²) < 4.78 is 30.5. The van der Waals surface area contributed by atoms with Gasteiger partial charge < -0.3 is 9.19 Å². The van der Waals surface area contributed by atoms with E-state index in [0.717, 1.165) is 12.1 Å². The zero-order valence-corrected chi connectivity index (χ0v) is 9.93. The number of rotatable bonds is 0. The first-order valence-electron chi connectivity index (χ1n) is 5.77. The Hall–Kier alpha value is -0.255. The molecule has 2 fully saturated rings. The molecular weight excluding hydrogens is 221 g/mol. The van der Waals surface area contributed by atoms with Crippen molar-refractivity contribution in [1.82, 2.24) is 0 Å². The van der Waals surface area contributed by atoms with Crippen LogP contribution in [0.15, 0.2) is 0 Å². The summed E-state index contributed by atoms with van der Waals surface area (Å²) in [4.78, 5) is 0. The largest absolute Gasteiger partial charge is 1.00 e. The maximum atomic E-state index is 9.67. The summed E-state index contributed by atoms with van der Waals surface area (Å²) in [7, 11) is -3.67. The molecule has 2 atom stereocenters. The smallest absolute Gasteiger partial charge is 0.762 e. The van der Waals surface area contributed by atoms with E-state index in [1.165, 1.54) is 43.3 Å². The Morgan fingerprint density at radius 2 is 1.25 bits per heavy atom. The second kappa shape index (κ2) is 6.47. The maximum Gasteiger partial charge on any atom is 0.762 e. The van der Waals surface area contributed by atoms with E-state index < -0.39 is 7.54 Å². The van der Waals surface area contributed by atoms with Crippen LogP contribution in [0.1, 0.15) is 39.5 Å². The van der Waals surface area contributed by atoms with Crippen LogP contribution in [0, 0.1) is 0 Å². The van der Waals surface area contributed by atoms with Crippen LogP contribution in [0.4, 0.5) is 12.9 Å². The summed E-state index contributed by atoms with van der Waals surface area (Å²) in [5, 5.41) is 0. The number of quaternary nitrogens is 1. The van der Waals surface area contributed by atoms with E-state index in [2.05, 4.69) is 13.8 Å². The monoisotopic (exact) mass is 241 g/mol. The van der Waals surface area contributed by atoms with Gasteiger partial charge in [0.25, 0.3) is 0 Å². The molecule has 16 heavy (non-hydrogen) atoms. The van der Waals surface area contributed by atoms with E-state index in [0.29, 0.717) is 0 Å². The average Bonchev–Trinajstić information content (AvgIpc) is 2.70. The number of hydrogen-bond donors (Lipinski definition) is 0. The van der Waals surface area contributed by atoms with Gasteiger partial charge in [-0.3, -0.25) is 12.9 Å². The molecule has 0 N–H and O–H groups in total. The van der Waals surface area contributed by atoms with Crippen molar-refractivity contribution in [3.8, 4) is 0 Å². The lowest BCUT2D eigenvalue weighted by Gasteiger charge is -2.38. The molecule has 0 aromatic carbocycles. The predicted molar refractivity (Wildman–Crippen MR) is 56.5 cm³/mol. The van der Waals surface area contributed by atoms with Crippen LogP contribution in [0.25, 0.3) is 0 Å². The summed E-state index contributed by atoms with van der Waals surface area (Å²) in [6.07, 6.45) is 5.91. The van der Waals surface area contributed by atoms with Gasteiger partial charge in [-0.05, 0) is 13.8 Å². The quantitative estimate of drug-likeness (QED) is 0.319. The van der Waals surface area contributed by atoms with E-state index in [1.807, 2.05) is 0 Å². The Balaban J connectivity index is 0.000000397. The lowest BCUT2D eigenvalue weighted by molar-refractivity contribution is -0.946. The van der Waals surface area contributed by atoms with Crippen molar-refractivity contribution < 1.29 is 22.1 Å². The third-order valence-electron chi connectivity index (χ3n) is 4.16. The van der Waals surface area contributed by atoms with Gasteiger partial charge >= 0.3 is 7.54 Å². The van der Waals surface area contributed by atoms with Crippen LogP contribution in [0.5, 0.6) is 0 Å². The highest BCUT2D eigenvalue weighted by Gasteiger charge is 2.46. The van der Waals surface area contributed by atoms with E-state index in [-0.39, 0.29) is 4.70 Å². The van der Waals surface area contributed by atoms with Crippen molar-refractivity contribution in [2.75, 3.05) is 13.1 Å². The van der Waals surface area contributed by atoms with Crippen LogP contribution in [0.3, 0.4) is 0 Å². The molecule has 2 unspecified atom stereocenters. The molecule has 2 saturated heterocycles. The first-order chi connectivity index (χ1) is 6.99. The van der Waals surface area contributed by atoms with Gasteiger partial charge in [-0.1, -0.05) is 0 Å². The first kappa shape index (κ1) is 15.7. The average molecular weight is 241 g/mol. The van der Waals surface area contributed by atoms with Crippen molar-refractivity contribution >= 4 is 7.54 Å². The summed E-state index contributed by atoms with van der Waals surface area (Å²) in [6.45, 7) is 7.86. The van der Waals surface area contributed by atoms with Gasteiger partial charge in [-0.2, -0.15) is 0 Å². The van der Waals surface area contributed by atoms with Crippen LogP contribution >= 0.6 is 0 Å². The lowest BCUT2D eigenvalue weighted by Crippen LogP contribution is -3.00. The Morgan fingerprint density at radius 1 is 0.938 bits per heavy atom. The molecule has 0 saturated carbocycles. The molecule has 0 aromatic rings. The minimum atomic E-state index is -3.67. The minimum Gasteiger partial charge on any atom is -1.00 e. The highest BCUT2D eigenvalue weighted by Crippen LogP contribution is 2.37. The molecule has 2 aliphatic heterocycles. The van der Waals surface area contributed by atoms with E-state index >= 15 is 0 Å². The van der Waals surface area contributed by atoms with Gasteiger partial charge in [-0.25, -0.2) is 0 Å². The standard InChI is InChI=1S/C10H20N.BF3.FH/c1-9-5-6-10(2)11(9)7-3-4-8-11;2-1(3)4;/h9-10H,3-8H2,1-2H3;;1H/q+1;;/p-1. The molecule has 2 aliphatic rings. The molecule has 2 heterocycles. The molecule has 0 aliphatic carbocycles. The highest BCUT2D eigenvalue weighted by molar-refractivity contribution is 6.33. The molecule has 0 aromatic heterocycles. The summed E-state index contributed by atoms with van der Waals surface area (Å²) in [5.41, 5.74) is 0. The van der Waals surface area contributed by atoms with E-state index in [1.54, 1.807) is 0 Å². The third kappa shape index (κ3) is 3.37. The number of nitrogens with zero attached hydrogens (tertiary/aromatic N) is 1. The number of halogens is 4. The summed E-state index contributed by atoms with van der Waals surface area (Å²) in [6, 6.07) is 1.93. The van der Waals surface area contributed by atoms with Crippen molar-refractivity contribution in [3.63, 3.8) is 0 Å². The van der Waals surface area contributed by atoms with Gasteiger partial charge in [-0.15, -0.1) is 0 Å². The maximum absolute atomic E-state index is 9.67. The Bertz CT molecular complexity index is 183. The fourth-order valence-corrected chi connectivity index (χ4v) is 3.24. The second-order valence-corrected chi connectivity index (χ2v) is 4.78. The van der Waals surface area contributed by atoms with Crippen molar-refractivity contribution in [1.29, 1.82) is 0 Å². The zero-order valence-electron chi connectivity index (χ0n) is 9.93. The predicted octanol–water partition coefficient (Wildman–Crippen LogP) is 0.0516. The molecular formula is C10H20BF4N. The van der Waals surface area contributed by atoms with Crippen molar-refractivity contribution in [2.45, 2.75) is 51.6 Å². The molecule has 96 valence electrons. The zero-order chi connectivity index (χ0) is 11.5. The van der Waals surface area contributed by atoms with E-state index in [4.69, 9.17) is 0 Å². The molecule has 1 nitrogen and oxygen atoms in total. The lowest BCUT2D eigenvalue weighted by atomic mass is 10.2. The fraction of sp³-hybridized carbons (Fsp3) is 1.00. The molecule has 0 amide bonds. The van der Waals surface area contributed by atoms with Crippen molar-refractivity contribution in [2.24, 2.45) is 0 Å². The van der Waals surface area contributed by atoms with E-state index in [9.17, 15) is 12.9 Å². The van der Waals surface area contributed by atoms with Crippen LogP contribution in [-0.4, -0.2) is 37.2 Å². The van der Waals surface area contributed by atoms with Crippen molar-refractivity contribution in [3.05, 3.63) is 0 Å². The van der Waals surface area contributed by atoms with Gasteiger partial charge in [0, 0.05) is 25.7 Å². The van der Waals surface area contributed by atoms with Gasteiger partial charge in [0.05, 0.1) is 25.2 Å².